The van der Waals surface area contributed by atoms with Gasteiger partial charge in [0.1, 0.15) is 0 Å². The highest BCUT2D eigenvalue weighted by Gasteiger charge is 2.29. The Bertz CT molecular complexity index is 251. The zero-order valence-electron chi connectivity index (χ0n) is 11.7. The van der Waals surface area contributed by atoms with E-state index in [1.165, 1.54) is 18.6 Å². The van der Waals surface area contributed by atoms with Gasteiger partial charge in [-0.05, 0) is 38.4 Å². The van der Waals surface area contributed by atoms with E-state index >= 15 is 0 Å². The molecule has 1 saturated carbocycles. The number of nitrogens with zero attached hydrogens (tertiary/aromatic N) is 1. The maximum absolute atomic E-state index is 12.0. The highest BCUT2D eigenvalue weighted by molar-refractivity contribution is 7.99. The second-order valence-corrected chi connectivity index (χ2v) is 6.64. The fourth-order valence-electron chi connectivity index (χ4n) is 2.39. The second kappa shape index (κ2) is 9.05. The van der Waals surface area contributed by atoms with Gasteiger partial charge >= 0.3 is 0 Å². The van der Waals surface area contributed by atoms with Crippen LogP contribution in [0.2, 0.25) is 0 Å². The van der Waals surface area contributed by atoms with Gasteiger partial charge in [0.05, 0.1) is 0 Å². The summed E-state index contributed by atoms with van der Waals surface area (Å²) >= 11 is 2.03. The minimum atomic E-state index is 0. The van der Waals surface area contributed by atoms with Gasteiger partial charge in [-0.25, -0.2) is 0 Å². The zero-order chi connectivity index (χ0) is 12.8. The molecule has 0 heterocycles. The molecule has 1 aliphatic carbocycles. The van der Waals surface area contributed by atoms with Crippen LogP contribution in [-0.4, -0.2) is 40.9 Å². The van der Waals surface area contributed by atoms with Crippen molar-refractivity contribution in [2.75, 3.05) is 12.8 Å². The average Bonchev–Trinajstić information content (AvgIpc) is 2.74. The molecule has 3 nitrogen and oxygen atoms in total. The van der Waals surface area contributed by atoms with E-state index in [1.54, 1.807) is 0 Å². The molecular formula is C13H27ClN2OS. The predicted octanol–water partition coefficient (Wildman–Crippen LogP) is 2.67. The molecule has 0 radical (unpaired) electrons. The van der Waals surface area contributed by atoms with Gasteiger partial charge < -0.3 is 10.6 Å². The van der Waals surface area contributed by atoms with E-state index in [9.17, 15) is 4.79 Å². The molecule has 0 spiro atoms. The first-order valence-corrected chi connectivity index (χ1v) is 7.72. The van der Waals surface area contributed by atoms with Gasteiger partial charge in [-0.1, -0.05) is 6.92 Å². The Hall–Kier alpha value is 0.0700. The third-order valence-electron chi connectivity index (χ3n) is 3.51. The molecule has 0 saturated heterocycles. The molecule has 3 unspecified atom stereocenters. The van der Waals surface area contributed by atoms with Crippen molar-refractivity contribution in [3.8, 4) is 0 Å². The summed E-state index contributed by atoms with van der Waals surface area (Å²) in [5, 5.41) is 0.758. The van der Waals surface area contributed by atoms with Gasteiger partial charge in [0, 0.05) is 30.8 Å². The quantitative estimate of drug-likeness (QED) is 0.819. The van der Waals surface area contributed by atoms with Crippen LogP contribution in [0.15, 0.2) is 0 Å². The standard InChI is InChI=1S/C13H26N2OS.ClH/c1-4-17-12-7-6-11(9-12)15(3)13(16)8-5-10(2)14;/h10-12H,4-9,14H2,1-3H3;1H. The lowest BCUT2D eigenvalue weighted by Gasteiger charge is -2.25. The number of hydrogen-bond donors (Lipinski definition) is 1. The number of carbonyl (C=O) groups is 1. The molecule has 108 valence electrons. The number of thioether (sulfide) groups is 1. The fourth-order valence-corrected chi connectivity index (χ4v) is 3.52. The van der Waals surface area contributed by atoms with E-state index < -0.39 is 0 Å². The van der Waals surface area contributed by atoms with E-state index in [0.717, 1.165) is 18.1 Å². The van der Waals surface area contributed by atoms with E-state index in [1.807, 2.05) is 30.6 Å². The van der Waals surface area contributed by atoms with E-state index in [-0.39, 0.29) is 24.4 Å². The van der Waals surface area contributed by atoms with Gasteiger partial charge in [0.25, 0.3) is 0 Å². The van der Waals surface area contributed by atoms with Crippen LogP contribution in [0.25, 0.3) is 0 Å². The molecule has 2 N–H and O–H groups in total. The fraction of sp³-hybridized carbons (Fsp3) is 0.923. The third-order valence-corrected chi connectivity index (χ3v) is 4.75. The lowest BCUT2D eigenvalue weighted by molar-refractivity contribution is -0.132. The van der Waals surface area contributed by atoms with E-state index in [4.69, 9.17) is 5.73 Å². The van der Waals surface area contributed by atoms with E-state index in [2.05, 4.69) is 6.92 Å². The van der Waals surface area contributed by atoms with Gasteiger partial charge in [-0.15, -0.1) is 12.4 Å². The van der Waals surface area contributed by atoms with Crippen molar-refractivity contribution in [3.05, 3.63) is 0 Å². The minimum absolute atomic E-state index is 0. The van der Waals surface area contributed by atoms with Crippen LogP contribution >= 0.6 is 24.2 Å². The van der Waals surface area contributed by atoms with Crippen LogP contribution < -0.4 is 5.73 Å². The minimum Gasteiger partial charge on any atom is -0.343 e. The Balaban J connectivity index is 0.00000289. The molecule has 1 amide bonds. The van der Waals surface area contributed by atoms with Crippen molar-refractivity contribution in [2.45, 2.75) is 63.3 Å². The van der Waals surface area contributed by atoms with Crippen LogP contribution in [0.3, 0.4) is 0 Å². The first-order valence-electron chi connectivity index (χ1n) is 6.67. The first-order chi connectivity index (χ1) is 8.04. The molecular weight excluding hydrogens is 268 g/mol. The van der Waals surface area contributed by atoms with Crippen molar-refractivity contribution < 1.29 is 4.79 Å². The largest absolute Gasteiger partial charge is 0.343 e. The molecule has 5 heteroatoms. The Kier molecular flexibility index (Phi) is 9.09. The molecule has 0 bridgehead atoms. The molecule has 1 aliphatic rings. The summed E-state index contributed by atoms with van der Waals surface area (Å²) in [6.07, 6.45) is 4.98. The van der Waals surface area contributed by atoms with Crippen LogP contribution in [0.1, 0.15) is 46.0 Å². The Morgan fingerprint density at radius 2 is 2.17 bits per heavy atom. The Morgan fingerprint density at radius 3 is 2.72 bits per heavy atom. The van der Waals surface area contributed by atoms with Gasteiger partial charge in [-0.2, -0.15) is 11.8 Å². The molecule has 3 atom stereocenters. The zero-order valence-corrected chi connectivity index (χ0v) is 13.4. The Morgan fingerprint density at radius 1 is 1.50 bits per heavy atom. The summed E-state index contributed by atoms with van der Waals surface area (Å²) in [5.74, 6) is 1.44. The number of nitrogens with two attached hydrogens (primary N) is 1. The number of amides is 1. The van der Waals surface area contributed by atoms with Crippen molar-refractivity contribution in [2.24, 2.45) is 5.73 Å². The molecule has 0 aromatic carbocycles. The Labute approximate surface area is 122 Å². The van der Waals surface area contributed by atoms with Crippen LogP contribution in [0.4, 0.5) is 0 Å². The van der Waals surface area contributed by atoms with Gasteiger partial charge in [0.15, 0.2) is 0 Å². The van der Waals surface area contributed by atoms with Crippen molar-refractivity contribution >= 4 is 30.1 Å². The van der Waals surface area contributed by atoms with Crippen LogP contribution in [0, 0.1) is 0 Å². The number of halogens is 1. The maximum Gasteiger partial charge on any atom is 0.222 e. The highest BCUT2D eigenvalue weighted by atomic mass is 35.5. The predicted molar refractivity (Wildman–Crippen MR) is 82.5 cm³/mol. The van der Waals surface area contributed by atoms with E-state index in [0.29, 0.717) is 12.5 Å². The van der Waals surface area contributed by atoms with Crippen LogP contribution in [0.5, 0.6) is 0 Å². The first kappa shape index (κ1) is 18.1. The summed E-state index contributed by atoms with van der Waals surface area (Å²) < 4.78 is 0. The number of rotatable bonds is 6. The molecule has 1 rings (SSSR count). The molecule has 0 aromatic rings. The summed E-state index contributed by atoms with van der Waals surface area (Å²) in [6, 6.07) is 0.582. The highest BCUT2D eigenvalue weighted by Crippen LogP contribution is 2.32. The molecule has 18 heavy (non-hydrogen) atoms. The van der Waals surface area contributed by atoms with Gasteiger partial charge in [-0.3, -0.25) is 4.79 Å². The third kappa shape index (κ3) is 5.81. The topological polar surface area (TPSA) is 46.3 Å². The van der Waals surface area contributed by atoms with Crippen molar-refractivity contribution in [3.63, 3.8) is 0 Å². The summed E-state index contributed by atoms with van der Waals surface area (Å²) in [6.45, 7) is 4.16. The SMILES string of the molecule is CCSC1CCC(N(C)C(=O)CCC(C)N)C1.Cl. The normalized spacial score (nSPS) is 24.4. The molecule has 1 fully saturated rings. The average molecular weight is 295 g/mol. The monoisotopic (exact) mass is 294 g/mol. The van der Waals surface area contributed by atoms with Crippen LogP contribution in [-0.2, 0) is 4.79 Å². The smallest absolute Gasteiger partial charge is 0.222 e. The van der Waals surface area contributed by atoms with Crippen molar-refractivity contribution in [1.82, 2.24) is 4.90 Å². The molecule has 0 aliphatic heterocycles. The van der Waals surface area contributed by atoms with Crippen molar-refractivity contribution in [1.29, 1.82) is 0 Å². The summed E-state index contributed by atoms with van der Waals surface area (Å²) in [5.41, 5.74) is 5.68. The lowest BCUT2D eigenvalue weighted by Crippen LogP contribution is -2.36. The maximum atomic E-state index is 12.0. The molecule has 0 aromatic heterocycles. The lowest BCUT2D eigenvalue weighted by atomic mass is 10.1. The van der Waals surface area contributed by atoms with Gasteiger partial charge in [0.2, 0.25) is 5.91 Å². The number of hydrogen-bond acceptors (Lipinski definition) is 3. The second-order valence-electron chi connectivity index (χ2n) is 5.06. The summed E-state index contributed by atoms with van der Waals surface area (Å²) in [7, 11) is 1.95. The summed E-state index contributed by atoms with van der Waals surface area (Å²) in [4.78, 5) is 13.9. The number of carbonyl (C=O) groups excluding carboxylic acids is 1.